The fourth-order valence-corrected chi connectivity index (χ4v) is 5.76. The molecule has 0 aliphatic rings. The van der Waals surface area contributed by atoms with Crippen LogP contribution in [0, 0.1) is 22.7 Å². The van der Waals surface area contributed by atoms with Crippen LogP contribution in [0.2, 0.25) is 0 Å². The maximum absolute atomic E-state index is 14.8. The number of rotatable bonds is 8. The second kappa shape index (κ2) is 12.4. The van der Waals surface area contributed by atoms with Gasteiger partial charge in [0.1, 0.15) is 17.6 Å². The van der Waals surface area contributed by atoms with Gasteiger partial charge in [-0.1, -0.05) is 42.5 Å². The van der Waals surface area contributed by atoms with E-state index in [1.165, 1.54) is 18.2 Å². The minimum absolute atomic E-state index is 0.0730. The van der Waals surface area contributed by atoms with E-state index in [1.807, 2.05) is 12.1 Å². The predicted octanol–water partition coefficient (Wildman–Crippen LogP) is 11.8. The minimum Gasteiger partial charge on any atom is -0.452 e. The molecule has 1 heterocycles. The van der Waals surface area contributed by atoms with Crippen LogP contribution in [0.1, 0.15) is 11.1 Å². The summed E-state index contributed by atoms with van der Waals surface area (Å²) in [5, 5.41) is 13.1. The lowest BCUT2D eigenvalue weighted by atomic mass is 9.92. The number of fused-ring (bicyclic) bond motifs is 3. The Bertz CT molecular complexity index is 2240. The highest BCUT2D eigenvalue weighted by Crippen LogP contribution is 2.57. The van der Waals surface area contributed by atoms with Crippen LogP contribution in [0.3, 0.4) is 0 Å². The van der Waals surface area contributed by atoms with Crippen molar-refractivity contribution in [1.82, 2.24) is 0 Å². The molecule has 50 heavy (non-hydrogen) atoms. The summed E-state index contributed by atoms with van der Waals surface area (Å²) >= 11 is -1.56. The van der Waals surface area contributed by atoms with Crippen molar-refractivity contribution < 1.29 is 48.1 Å². The molecule has 6 aromatic rings. The number of hydrogen-bond acceptors (Lipinski definition) is 5. The molecule has 0 fully saturated rings. The number of alkyl halides is 9. The van der Waals surface area contributed by atoms with Gasteiger partial charge in [0, 0.05) is 16.3 Å². The number of nitrogens with zero attached hydrogens (tertiary/aromatic N) is 2. The first kappa shape index (κ1) is 34.3. The van der Waals surface area contributed by atoms with Crippen LogP contribution in [-0.2, 0) is 0 Å². The average molecular weight is 713 g/mol. The average Bonchev–Trinajstić information content (AvgIpc) is 3.49. The minimum atomic E-state index is -7.11. The quantitative estimate of drug-likeness (QED) is 0.116. The van der Waals surface area contributed by atoms with Gasteiger partial charge < -0.3 is 8.60 Å². The first-order valence-electron chi connectivity index (χ1n) is 14.2. The zero-order valence-corrected chi connectivity index (χ0v) is 25.7. The number of halogens is 9. The van der Waals surface area contributed by atoms with Crippen molar-refractivity contribution in [3.05, 3.63) is 114 Å². The van der Waals surface area contributed by atoms with Crippen molar-refractivity contribution in [3.8, 4) is 51.3 Å². The fraction of sp³-hybridized carbons (Fsp3) is 0.111. The Labute approximate surface area is 281 Å². The van der Waals surface area contributed by atoms with E-state index >= 15 is 0 Å². The van der Waals surface area contributed by atoms with E-state index in [0.717, 1.165) is 0 Å². The molecule has 252 valence electrons. The standard InChI is InChI=1S/C36H17F9N2O2S/c37-33(38,35(41,42)43)34(39,40)36(44,45)50-49-32-27(13-14-29-28-3-1-2-4-30(28)48-31(29)32)26-16-24(22-9-5-20(18-46)6-10-22)15-25(17-26)23-11-7-21(19-47)8-12-23/h1-17H. The van der Waals surface area contributed by atoms with E-state index in [0.29, 0.717) is 38.8 Å². The highest BCUT2D eigenvalue weighted by Gasteiger charge is 2.82. The van der Waals surface area contributed by atoms with Gasteiger partial charge in [0.05, 0.1) is 23.3 Å². The molecule has 4 nitrogen and oxygen atoms in total. The summed E-state index contributed by atoms with van der Waals surface area (Å²) in [6.45, 7) is 0. The second-order valence-electron chi connectivity index (χ2n) is 10.9. The van der Waals surface area contributed by atoms with E-state index in [4.69, 9.17) is 8.60 Å². The van der Waals surface area contributed by atoms with Gasteiger partial charge in [-0.3, -0.25) is 0 Å². The SMILES string of the molecule is N#Cc1ccc(-c2cc(-c3ccc(C#N)cc3)cc(-c3ccc4c(oc5ccccc54)c3OSC(F)(F)C(F)(F)C(F)(F)C(F)(F)F)c2)cc1. The summed E-state index contributed by atoms with van der Waals surface area (Å²) < 4.78 is 135. The molecule has 1 aromatic heterocycles. The number of para-hydroxylation sites is 1. The molecule has 0 atom stereocenters. The van der Waals surface area contributed by atoms with Gasteiger partial charge in [0.25, 0.3) is 0 Å². The van der Waals surface area contributed by atoms with Crippen LogP contribution in [0.25, 0.3) is 55.3 Å². The predicted molar refractivity (Wildman–Crippen MR) is 169 cm³/mol. The Morgan fingerprint density at radius 1 is 0.560 bits per heavy atom. The van der Waals surface area contributed by atoms with E-state index < -0.39 is 41.1 Å². The van der Waals surface area contributed by atoms with Crippen molar-refractivity contribution >= 4 is 34.0 Å². The summed E-state index contributed by atoms with van der Waals surface area (Å²) in [4.78, 5) is 0. The summed E-state index contributed by atoms with van der Waals surface area (Å²) in [6, 6.07) is 30.8. The molecule has 0 aliphatic carbocycles. The van der Waals surface area contributed by atoms with Gasteiger partial charge in [0.15, 0.2) is 11.3 Å². The Morgan fingerprint density at radius 3 is 1.60 bits per heavy atom. The van der Waals surface area contributed by atoms with Crippen molar-refractivity contribution in [2.45, 2.75) is 23.3 Å². The Morgan fingerprint density at radius 2 is 1.08 bits per heavy atom. The van der Waals surface area contributed by atoms with Crippen molar-refractivity contribution in [3.63, 3.8) is 0 Å². The molecule has 14 heteroatoms. The molecule has 0 saturated heterocycles. The van der Waals surface area contributed by atoms with E-state index in [1.54, 1.807) is 84.9 Å². The lowest BCUT2D eigenvalue weighted by molar-refractivity contribution is -0.381. The molecule has 0 aliphatic heterocycles. The highest BCUT2D eigenvalue weighted by molar-refractivity contribution is 7.96. The summed E-state index contributed by atoms with van der Waals surface area (Å²) in [5.41, 5.74) is 2.97. The number of benzene rings is 5. The van der Waals surface area contributed by atoms with Crippen LogP contribution in [0.5, 0.6) is 5.75 Å². The highest BCUT2D eigenvalue weighted by atomic mass is 32.2. The lowest BCUT2D eigenvalue weighted by Gasteiger charge is -2.32. The Kier molecular flexibility index (Phi) is 8.48. The molecule has 0 bridgehead atoms. The normalized spacial score (nSPS) is 12.5. The van der Waals surface area contributed by atoms with Crippen LogP contribution >= 0.6 is 12.0 Å². The third-order valence-electron chi connectivity index (χ3n) is 7.79. The lowest BCUT2D eigenvalue weighted by Crippen LogP contribution is -2.59. The van der Waals surface area contributed by atoms with Gasteiger partial charge in [0.2, 0.25) is 0 Å². The molecule has 0 unspecified atom stereocenters. The fourth-order valence-electron chi connectivity index (χ4n) is 5.17. The van der Waals surface area contributed by atoms with Crippen LogP contribution in [0.4, 0.5) is 39.5 Å². The molecular formula is C36H17F9N2O2S. The van der Waals surface area contributed by atoms with E-state index in [-0.39, 0.29) is 27.7 Å². The largest absolute Gasteiger partial charge is 0.460 e. The third kappa shape index (κ3) is 5.86. The molecule has 0 spiro atoms. The molecular weight excluding hydrogens is 695 g/mol. The van der Waals surface area contributed by atoms with Gasteiger partial charge in [-0.15, -0.1) is 0 Å². The third-order valence-corrected chi connectivity index (χ3v) is 8.50. The number of hydrogen-bond donors (Lipinski definition) is 0. The topological polar surface area (TPSA) is 70.0 Å². The number of nitriles is 2. The first-order valence-corrected chi connectivity index (χ1v) is 15.0. The van der Waals surface area contributed by atoms with Gasteiger partial charge in [-0.2, -0.15) is 50.0 Å². The van der Waals surface area contributed by atoms with Gasteiger partial charge >= 0.3 is 23.3 Å². The van der Waals surface area contributed by atoms with Crippen LogP contribution in [-0.4, -0.2) is 23.3 Å². The van der Waals surface area contributed by atoms with Crippen molar-refractivity contribution in [2.75, 3.05) is 0 Å². The zero-order valence-electron chi connectivity index (χ0n) is 24.8. The number of furan rings is 1. The van der Waals surface area contributed by atoms with Crippen molar-refractivity contribution in [1.29, 1.82) is 10.5 Å². The molecule has 0 saturated carbocycles. The summed E-state index contributed by atoms with van der Waals surface area (Å²) in [7, 11) is 0. The Balaban J connectivity index is 1.55. The monoisotopic (exact) mass is 712 g/mol. The molecule has 0 amide bonds. The van der Waals surface area contributed by atoms with Crippen molar-refractivity contribution in [2.24, 2.45) is 0 Å². The molecule has 0 N–H and O–H groups in total. The van der Waals surface area contributed by atoms with Crippen LogP contribution in [0.15, 0.2) is 108 Å². The van der Waals surface area contributed by atoms with E-state index in [9.17, 15) is 50.0 Å². The second-order valence-corrected chi connectivity index (χ2v) is 11.8. The summed E-state index contributed by atoms with van der Waals surface area (Å²) in [5.74, 6) is -14.7. The Hall–Kier alpha value is -5.60. The maximum Gasteiger partial charge on any atom is 0.460 e. The van der Waals surface area contributed by atoms with E-state index in [2.05, 4.69) is 0 Å². The molecule has 6 rings (SSSR count). The summed E-state index contributed by atoms with van der Waals surface area (Å²) in [6.07, 6.45) is -7.00. The first-order chi connectivity index (χ1) is 23.6. The zero-order chi connectivity index (χ0) is 36.1. The van der Waals surface area contributed by atoms with Crippen LogP contribution < -0.4 is 4.18 Å². The molecule has 5 aromatic carbocycles. The maximum atomic E-state index is 14.8. The molecule has 0 radical (unpaired) electrons. The van der Waals surface area contributed by atoms with Gasteiger partial charge in [-0.25, -0.2) is 0 Å². The smallest absolute Gasteiger partial charge is 0.452 e. The van der Waals surface area contributed by atoms with Gasteiger partial charge in [-0.05, 0) is 88.5 Å².